The van der Waals surface area contributed by atoms with Crippen LogP contribution in [0.3, 0.4) is 0 Å². The van der Waals surface area contributed by atoms with Gasteiger partial charge in [0.25, 0.3) is 11.8 Å². The van der Waals surface area contributed by atoms with Crippen LogP contribution in [0.2, 0.25) is 0 Å². The maximum atomic E-state index is 12.8. The number of benzene rings is 2. The number of hydrogen-bond donors (Lipinski definition) is 1. The maximum Gasteiger partial charge on any atom is 0.253 e. The van der Waals surface area contributed by atoms with Crippen LogP contribution in [0.5, 0.6) is 5.75 Å². The Morgan fingerprint density at radius 1 is 1.07 bits per heavy atom. The number of likely N-dealkylation sites (tertiary alicyclic amines) is 1. The number of piperidine rings is 1. The van der Waals surface area contributed by atoms with Gasteiger partial charge in [-0.2, -0.15) is 0 Å². The molecule has 1 saturated heterocycles. The molecule has 2 aromatic rings. The first-order valence-corrected chi connectivity index (χ1v) is 10.5. The lowest BCUT2D eigenvalue weighted by Gasteiger charge is -2.32. The lowest BCUT2D eigenvalue weighted by atomic mass is 9.98. The number of aryl methyl sites for hydroxylation is 1. The van der Waals surface area contributed by atoms with E-state index in [1.165, 1.54) is 0 Å². The summed E-state index contributed by atoms with van der Waals surface area (Å²) < 4.78 is 5.99. The largest absolute Gasteiger partial charge is 0.493 e. The van der Waals surface area contributed by atoms with Crippen molar-refractivity contribution in [2.75, 3.05) is 19.7 Å². The zero-order chi connectivity index (χ0) is 20.2. The van der Waals surface area contributed by atoms with Crippen molar-refractivity contribution >= 4 is 11.8 Å². The van der Waals surface area contributed by atoms with E-state index in [0.29, 0.717) is 36.4 Å². The molecule has 1 aliphatic heterocycles. The number of hydrogen-bond acceptors (Lipinski definition) is 3. The van der Waals surface area contributed by atoms with Crippen molar-refractivity contribution in [1.29, 1.82) is 0 Å². The summed E-state index contributed by atoms with van der Waals surface area (Å²) >= 11 is 0. The molecule has 0 unspecified atom stereocenters. The van der Waals surface area contributed by atoms with Crippen molar-refractivity contribution in [3.05, 3.63) is 65.2 Å². The number of nitrogens with one attached hydrogen (secondary N) is 1. The summed E-state index contributed by atoms with van der Waals surface area (Å²) in [6.45, 7) is 4.04. The average molecular weight is 392 g/mol. The molecule has 2 fully saturated rings. The molecule has 1 saturated carbocycles. The molecule has 5 nitrogen and oxygen atoms in total. The van der Waals surface area contributed by atoms with Crippen LogP contribution in [0.25, 0.3) is 0 Å². The minimum atomic E-state index is -0.0365. The van der Waals surface area contributed by atoms with Gasteiger partial charge in [-0.1, -0.05) is 23.8 Å². The minimum absolute atomic E-state index is 0.0365. The molecule has 2 aromatic carbocycles. The quantitative estimate of drug-likeness (QED) is 0.813. The van der Waals surface area contributed by atoms with Crippen molar-refractivity contribution in [3.8, 4) is 5.75 Å². The third-order valence-electron chi connectivity index (χ3n) is 5.57. The molecule has 2 amide bonds. The summed E-state index contributed by atoms with van der Waals surface area (Å²) in [5.74, 6) is 1.06. The molecule has 0 bridgehead atoms. The normalized spacial score (nSPS) is 18.9. The van der Waals surface area contributed by atoms with Gasteiger partial charge in [0, 0.05) is 36.2 Å². The topological polar surface area (TPSA) is 58.6 Å². The van der Waals surface area contributed by atoms with Gasteiger partial charge in [0.2, 0.25) is 0 Å². The predicted octanol–water partition coefficient (Wildman–Crippen LogP) is 3.82. The van der Waals surface area contributed by atoms with Gasteiger partial charge in [-0.05, 0) is 62.9 Å². The zero-order valence-electron chi connectivity index (χ0n) is 16.9. The SMILES string of the molecule is Cc1cccc(C(=O)N2CCC[C@@H](COc3cccc(C(=O)NC4CC4)c3)C2)c1. The van der Waals surface area contributed by atoms with E-state index in [1.807, 2.05) is 54.3 Å². The number of carbonyl (C=O) groups excluding carboxylic acids is 2. The van der Waals surface area contributed by atoms with E-state index in [4.69, 9.17) is 4.74 Å². The van der Waals surface area contributed by atoms with Crippen LogP contribution in [0.15, 0.2) is 48.5 Å². The molecule has 0 aromatic heterocycles. The van der Waals surface area contributed by atoms with Crippen LogP contribution < -0.4 is 10.1 Å². The van der Waals surface area contributed by atoms with E-state index in [2.05, 4.69) is 5.32 Å². The Kier molecular flexibility index (Phi) is 5.84. The number of ether oxygens (including phenoxy) is 1. The molecule has 4 rings (SSSR count). The number of carbonyl (C=O) groups is 2. The van der Waals surface area contributed by atoms with Crippen LogP contribution in [0, 0.1) is 12.8 Å². The first-order valence-electron chi connectivity index (χ1n) is 10.5. The first kappa shape index (κ1) is 19.5. The number of amides is 2. The van der Waals surface area contributed by atoms with Gasteiger partial charge in [-0.15, -0.1) is 0 Å². The minimum Gasteiger partial charge on any atom is -0.493 e. The monoisotopic (exact) mass is 392 g/mol. The van der Waals surface area contributed by atoms with Crippen molar-refractivity contribution < 1.29 is 14.3 Å². The molecular weight excluding hydrogens is 364 g/mol. The summed E-state index contributed by atoms with van der Waals surface area (Å²) in [6.07, 6.45) is 4.16. The Balaban J connectivity index is 1.33. The van der Waals surface area contributed by atoms with E-state index in [-0.39, 0.29) is 11.8 Å². The van der Waals surface area contributed by atoms with Crippen molar-refractivity contribution in [3.63, 3.8) is 0 Å². The molecule has 152 valence electrons. The van der Waals surface area contributed by atoms with Crippen LogP contribution >= 0.6 is 0 Å². The molecule has 2 aliphatic rings. The lowest BCUT2D eigenvalue weighted by Crippen LogP contribution is -2.41. The van der Waals surface area contributed by atoms with Crippen LogP contribution in [0.4, 0.5) is 0 Å². The Morgan fingerprint density at radius 2 is 1.86 bits per heavy atom. The van der Waals surface area contributed by atoms with E-state index in [1.54, 1.807) is 6.07 Å². The summed E-state index contributed by atoms with van der Waals surface area (Å²) in [5.41, 5.74) is 2.48. The predicted molar refractivity (Wildman–Crippen MR) is 112 cm³/mol. The van der Waals surface area contributed by atoms with Gasteiger partial charge in [0.05, 0.1) is 6.61 Å². The molecular formula is C24H28N2O3. The fraction of sp³-hybridized carbons (Fsp3) is 0.417. The molecule has 1 N–H and O–H groups in total. The smallest absolute Gasteiger partial charge is 0.253 e. The van der Waals surface area contributed by atoms with E-state index < -0.39 is 0 Å². The van der Waals surface area contributed by atoms with Crippen molar-refractivity contribution in [1.82, 2.24) is 10.2 Å². The lowest BCUT2D eigenvalue weighted by molar-refractivity contribution is 0.0633. The molecule has 29 heavy (non-hydrogen) atoms. The Morgan fingerprint density at radius 3 is 2.66 bits per heavy atom. The second-order valence-corrected chi connectivity index (χ2v) is 8.22. The second-order valence-electron chi connectivity index (χ2n) is 8.22. The highest BCUT2D eigenvalue weighted by atomic mass is 16.5. The van der Waals surface area contributed by atoms with Gasteiger partial charge in [-0.25, -0.2) is 0 Å². The Bertz CT molecular complexity index is 891. The zero-order valence-corrected chi connectivity index (χ0v) is 16.9. The maximum absolute atomic E-state index is 12.8. The van der Waals surface area contributed by atoms with E-state index in [9.17, 15) is 9.59 Å². The average Bonchev–Trinajstić information content (AvgIpc) is 3.56. The molecule has 1 heterocycles. The highest BCUT2D eigenvalue weighted by Crippen LogP contribution is 2.23. The molecule has 1 aliphatic carbocycles. The highest BCUT2D eigenvalue weighted by Gasteiger charge is 2.26. The molecule has 0 spiro atoms. The van der Waals surface area contributed by atoms with E-state index >= 15 is 0 Å². The third kappa shape index (κ3) is 5.17. The number of rotatable bonds is 6. The molecule has 5 heteroatoms. The molecule has 0 radical (unpaired) electrons. The second kappa shape index (κ2) is 8.68. The standard InChI is InChI=1S/C24H28N2O3/c1-17-5-2-8-20(13-17)24(28)26-12-4-6-18(15-26)16-29-22-9-3-7-19(14-22)23(27)25-21-10-11-21/h2-3,5,7-9,13-14,18,21H,4,6,10-12,15-16H2,1H3,(H,25,27)/t18-/m1/s1. The van der Waals surface area contributed by atoms with Crippen molar-refractivity contribution in [2.45, 2.75) is 38.6 Å². The van der Waals surface area contributed by atoms with E-state index in [0.717, 1.165) is 43.4 Å². The van der Waals surface area contributed by atoms with Crippen LogP contribution in [-0.2, 0) is 0 Å². The summed E-state index contributed by atoms with van der Waals surface area (Å²) in [6, 6.07) is 15.4. The van der Waals surface area contributed by atoms with Crippen LogP contribution in [0.1, 0.15) is 52.0 Å². The molecule has 1 atom stereocenters. The van der Waals surface area contributed by atoms with Crippen LogP contribution in [-0.4, -0.2) is 42.5 Å². The van der Waals surface area contributed by atoms with Crippen molar-refractivity contribution in [2.24, 2.45) is 5.92 Å². The summed E-state index contributed by atoms with van der Waals surface area (Å²) in [4.78, 5) is 27.0. The van der Waals surface area contributed by atoms with Gasteiger partial charge in [0.15, 0.2) is 0 Å². The van der Waals surface area contributed by atoms with Gasteiger partial charge < -0.3 is 15.0 Å². The highest BCUT2D eigenvalue weighted by molar-refractivity contribution is 5.95. The number of nitrogens with zero attached hydrogens (tertiary/aromatic N) is 1. The first-order chi connectivity index (χ1) is 14.1. The van der Waals surface area contributed by atoms with Gasteiger partial charge in [0.1, 0.15) is 5.75 Å². The third-order valence-corrected chi connectivity index (χ3v) is 5.57. The van der Waals surface area contributed by atoms with Gasteiger partial charge >= 0.3 is 0 Å². The summed E-state index contributed by atoms with van der Waals surface area (Å²) in [7, 11) is 0. The fourth-order valence-electron chi connectivity index (χ4n) is 3.78. The summed E-state index contributed by atoms with van der Waals surface area (Å²) in [5, 5.41) is 3.00. The fourth-order valence-corrected chi connectivity index (χ4v) is 3.78. The Hall–Kier alpha value is -2.82. The van der Waals surface area contributed by atoms with Gasteiger partial charge in [-0.3, -0.25) is 9.59 Å². The Labute approximate surface area is 172 Å².